The summed E-state index contributed by atoms with van der Waals surface area (Å²) < 4.78 is 0. The molecule has 0 radical (unpaired) electrons. The molecule has 0 amide bonds. The second-order valence-electron chi connectivity index (χ2n) is 4.83. The lowest BCUT2D eigenvalue weighted by Gasteiger charge is -2.12. The van der Waals surface area contributed by atoms with E-state index in [2.05, 4.69) is 41.0 Å². The van der Waals surface area contributed by atoms with Gasteiger partial charge in [0, 0.05) is 28.1 Å². The number of thiocarbonyl (C=S) groups is 1. The van der Waals surface area contributed by atoms with E-state index in [1.807, 2.05) is 18.2 Å². The maximum atomic E-state index is 5.81. The molecule has 106 valence electrons. The standard InChI is InChI=1S/C17H16N2S2/c18-17(20)15-7-8-16(14-6-2-1-5-13(14)15)19-10-9-12-4-3-11-21-12/h1-8,11,19H,9-10H2,(H2,18,20). The molecule has 1 aromatic heterocycles. The van der Waals surface area contributed by atoms with Crippen molar-refractivity contribution in [2.45, 2.75) is 6.42 Å². The Bertz CT molecular complexity index is 764. The molecule has 0 unspecified atom stereocenters. The first-order valence-electron chi connectivity index (χ1n) is 6.83. The number of anilines is 1. The third-order valence-corrected chi connectivity index (χ3v) is 4.61. The second kappa shape index (κ2) is 6.24. The van der Waals surface area contributed by atoms with E-state index in [4.69, 9.17) is 18.0 Å². The Morgan fingerprint density at radius 3 is 2.57 bits per heavy atom. The highest BCUT2D eigenvalue weighted by atomic mass is 32.1. The summed E-state index contributed by atoms with van der Waals surface area (Å²) in [6, 6.07) is 16.5. The van der Waals surface area contributed by atoms with Crippen LogP contribution in [0, 0.1) is 0 Å². The van der Waals surface area contributed by atoms with Crippen LogP contribution in [0.3, 0.4) is 0 Å². The zero-order valence-corrected chi connectivity index (χ0v) is 13.1. The van der Waals surface area contributed by atoms with Crippen molar-refractivity contribution in [1.82, 2.24) is 0 Å². The van der Waals surface area contributed by atoms with Gasteiger partial charge >= 0.3 is 0 Å². The number of thiophene rings is 1. The predicted octanol–water partition coefficient (Wildman–Crippen LogP) is 4.19. The van der Waals surface area contributed by atoms with Crippen LogP contribution in [0.15, 0.2) is 53.9 Å². The summed E-state index contributed by atoms with van der Waals surface area (Å²) >= 11 is 6.93. The molecule has 0 bridgehead atoms. The van der Waals surface area contributed by atoms with Crippen molar-refractivity contribution < 1.29 is 0 Å². The maximum Gasteiger partial charge on any atom is 0.104 e. The number of benzene rings is 2. The fraction of sp³-hybridized carbons (Fsp3) is 0.118. The third-order valence-electron chi connectivity index (χ3n) is 3.46. The molecule has 3 N–H and O–H groups in total. The molecule has 2 nitrogen and oxygen atoms in total. The van der Waals surface area contributed by atoms with Crippen LogP contribution in [-0.4, -0.2) is 11.5 Å². The van der Waals surface area contributed by atoms with Gasteiger partial charge in [0.05, 0.1) is 0 Å². The Morgan fingerprint density at radius 1 is 1.05 bits per heavy atom. The molecule has 0 spiro atoms. The fourth-order valence-corrected chi connectivity index (χ4v) is 3.33. The van der Waals surface area contributed by atoms with E-state index < -0.39 is 0 Å². The van der Waals surface area contributed by atoms with Crippen molar-refractivity contribution in [3.05, 3.63) is 64.4 Å². The highest BCUT2D eigenvalue weighted by Gasteiger charge is 2.07. The van der Waals surface area contributed by atoms with E-state index >= 15 is 0 Å². The van der Waals surface area contributed by atoms with Crippen molar-refractivity contribution >= 4 is 45.0 Å². The summed E-state index contributed by atoms with van der Waals surface area (Å²) in [6.45, 7) is 0.914. The quantitative estimate of drug-likeness (QED) is 0.694. The Hall–Kier alpha value is -1.91. The molecule has 4 heteroatoms. The van der Waals surface area contributed by atoms with E-state index in [1.165, 1.54) is 4.88 Å². The van der Waals surface area contributed by atoms with Crippen LogP contribution in [0.4, 0.5) is 5.69 Å². The molecular weight excluding hydrogens is 296 g/mol. The molecule has 2 aromatic carbocycles. The molecule has 0 saturated carbocycles. The van der Waals surface area contributed by atoms with E-state index in [1.54, 1.807) is 11.3 Å². The number of nitrogens with two attached hydrogens (primary N) is 1. The van der Waals surface area contributed by atoms with Gasteiger partial charge in [-0.25, -0.2) is 0 Å². The fourth-order valence-electron chi connectivity index (χ4n) is 2.44. The minimum Gasteiger partial charge on any atom is -0.389 e. The van der Waals surface area contributed by atoms with Gasteiger partial charge < -0.3 is 11.1 Å². The number of nitrogens with one attached hydrogen (secondary N) is 1. The van der Waals surface area contributed by atoms with Gasteiger partial charge in [0.25, 0.3) is 0 Å². The summed E-state index contributed by atoms with van der Waals surface area (Å²) in [7, 11) is 0. The molecule has 3 rings (SSSR count). The number of fused-ring (bicyclic) bond motifs is 1. The zero-order valence-electron chi connectivity index (χ0n) is 11.5. The second-order valence-corrected chi connectivity index (χ2v) is 6.30. The van der Waals surface area contributed by atoms with E-state index in [0.717, 1.165) is 35.0 Å². The van der Waals surface area contributed by atoms with Gasteiger partial charge in [0.15, 0.2) is 0 Å². The molecule has 21 heavy (non-hydrogen) atoms. The average molecular weight is 312 g/mol. The lowest BCUT2D eigenvalue weighted by atomic mass is 10.0. The summed E-state index contributed by atoms with van der Waals surface area (Å²) in [5.74, 6) is 0. The van der Waals surface area contributed by atoms with Gasteiger partial charge in [-0.2, -0.15) is 0 Å². The van der Waals surface area contributed by atoms with Gasteiger partial charge in [-0.1, -0.05) is 42.5 Å². The van der Waals surface area contributed by atoms with Crippen LogP contribution < -0.4 is 11.1 Å². The SMILES string of the molecule is NC(=S)c1ccc(NCCc2cccs2)c2ccccc12. The first kappa shape index (κ1) is 14.0. The molecule has 0 aliphatic heterocycles. The maximum absolute atomic E-state index is 5.81. The van der Waals surface area contributed by atoms with Crippen molar-refractivity contribution in [2.24, 2.45) is 5.73 Å². The molecule has 0 aliphatic rings. The van der Waals surface area contributed by atoms with Crippen molar-refractivity contribution in [2.75, 3.05) is 11.9 Å². The average Bonchev–Trinajstić information content (AvgIpc) is 3.00. The van der Waals surface area contributed by atoms with Gasteiger partial charge in [-0.15, -0.1) is 11.3 Å². The number of rotatable bonds is 5. The summed E-state index contributed by atoms with van der Waals surface area (Å²) in [5.41, 5.74) is 7.87. The summed E-state index contributed by atoms with van der Waals surface area (Å²) in [4.78, 5) is 1.84. The van der Waals surface area contributed by atoms with E-state index in [0.29, 0.717) is 4.99 Å². The number of hydrogen-bond donors (Lipinski definition) is 2. The van der Waals surface area contributed by atoms with Crippen molar-refractivity contribution in [1.29, 1.82) is 0 Å². The minimum atomic E-state index is 0.441. The number of hydrogen-bond acceptors (Lipinski definition) is 3. The first-order valence-corrected chi connectivity index (χ1v) is 8.12. The normalized spacial score (nSPS) is 10.7. The third kappa shape index (κ3) is 3.06. The van der Waals surface area contributed by atoms with Gasteiger partial charge in [-0.3, -0.25) is 0 Å². The summed E-state index contributed by atoms with van der Waals surface area (Å²) in [6.07, 6.45) is 1.03. The molecule has 0 saturated heterocycles. The lowest BCUT2D eigenvalue weighted by molar-refractivity contribution is 1.05. The molecule has 1 heterocycles. The Morgan fingerprint density at radius 2 is 1.86 bits per heavy atom. The van der Waals surface area contributed by atoms with Crippen molar-refractivity contribution in [3.63, 3.8) is 0 Å². The van der Waals surface area contributed by atoms with Crippen LogP contribution >= 0.6 is 23.6 Å². The molecule has 0 atom stereocenters. The lowest BCUT2D eigenvalue weighted by Crippen LogP contribution is -2.11. The topological polar surface area (TPSA) is 38.0 Å². The largest absolute Gasteiger partial charge is 0.389 e. The molecular formula is C17H16N2S2. The van der Waals surface area contributed by atoms with Crippen LogP contribution in [0.5, 0.6) is 0 Å². The Balaban J connectivity index is 1.85. The summed E-state index contributed by atoms with van der Waals surface area (Å²) in [5, 5.41) is 7.89. The van der Waals surface area contributed by atoms with Crippen molar-refractivity contribution in [3.8, 4) is 0 Å². The molecule has 3 aromatic rings. The van der Waals surface area contributed by atoms with E-state index in [9.17, 15) is 0 Å². The zero-order chi connectivity index (χ0) is 14.7. The van der Waals surface area contributed by atoms with Gasteiger partial charge in [0.1, 0.15) is 4.99 Å². The Labute approximate surface area is 133 Å². The van der Waals surface area contributed by atoms with Gasteiger partial charge in [0.2, 0.25) is 0 Å². The van der Waals surface area contributed by atoms with E-state index in [-0.39, 0.29) is 0 Å². The van der Waals surface area contributed by atoms with Crippen LogP contribution in [0.2, 0.25) is 0 Å². The smallest absolute Gasteiger partial charge is 0.104 e. The predicted molar refractivity (Wildman–Crippen MR) is 96.3 cm³/mol. The van der Waals surface area contributed by atoms with Crippen LogP contribution in [0.25, 0.3) is 10.8 Å². The van der Waals surface area contributed by atoms with Gasteiger partial charge in [-0.05, 0) is 35.4 Å². The first-order chi connectivity index (χ1) is 10.3. The molecule has 0 aliphatic carbocycles. The molecule has 0 fully saturated rings. The monoisotopic (exact) mass is 312 g/mol. The minimum absolute atomic E-state index is 0.441. The highest BCUT2D eigenvalue weighted by molar-refractivity contribution is 7.80. The highest BCUT2D eigenvalue weighted by Crippen LogP contribution is 2.26. The van der Waals surface area contributed by atoms with Crippen LogP contribution in [-0.2, 0) is 6.42 Å². The Kier molecular flexibility index (Phi) is 4.18. The van der Waals surface area contributed by atoms with Crippen LogP contribution in [0.1, 0.15) is 10.4 Å².